The number of piperidine rings is 1. The molecule has 1 aliphatic rings. The van der Waals surface area contributed by atoms with Crippen molar-refractivity contribution in [1.82, 2.24) is 9.29 Å². The minimum atomic E-state index is -3.52. The first-order valence-corrected chi connectivity index (χ1v) is 7.71. The molecule has 0 amide bonds. The third kappa shape index (κ3) is 2.93. The lowest BCUT2D eigenvalue weighted by Gasteiger charge is -2.26. The fourth-order valence-electron chi connectivity index (χ4n) is 1.95. The zero-order chi connectivity index (χ0) is 13.2. The molecule has 7 heteroatoms. The van der Waals surface area contributed by atoms with Crippen LogP contribution in [-0.2, 0) is 10.2 Å². The first-order chi connectivity index (χ1) is 8.50. The molecule has 1 saturated heterocycles. The Morgan fingerprint density at radius 3 is 2.61 bits per heavy atom. The first kappa shape index (κ1) is 13.6. The molecule has 18 heavy (non-hydrogen) atoms. The minimum Gasteiger partial charge on any atom is -0.268 e. The van der Waals surface area contributed by atoms with E-state index >= 15 is 0 Å². The summed E-state index contributed by atoms with van der Waals surface area (Å²) in [4.78, 5) is 3.89. The van der Waals surface area contributed by atoms with E-state index in [2.05, 4.69) is 9.71 Å². The van der Waals surface area contributed by atoms with Crippen LogP contribution in [0.1, 0.15) is 24.8 Å². The number of hydrogen-bond acceptors (Lipinski definition) is 3. The van der Waals surface area contributed by atoms with Gasteiger partial charge in [-0.15, -0.1) is 0 Å². The molecule has 2 heterocycles. The molecule has 0 aromatic carbocycles. The zero-order valence-corrected chi connectivity index (χ0v) is 11.8. The van der Waals surface area contributed by atoms with Crippen molar-refractivity contribution in [2.45, 2.75) is 26.2 Å². The van der Waals surface area contributed by atoms with E-state index in [0.717, 1.165) is 24.8 Å². The predicted molar refractivity (Wildman–Crippen MR) is 72.0 cm³/mol. The van der Waals surface area contributed by atoms with Crippen LogP contribution in [0.5, 0.6) is 0 Å². The van der Waals surface area contributed by atoms with E-state index in [1.807, 2.05) is 0 Å². The molecule has 0 atom stereocenters. The molecule has 0 unspecified atom stereocenters. The summed E-state index contributed by atoms with van der Waals surface area (Å²) < 4.78 is 28.4. The highest BCUT2D eigenvalue weighted by Crippen LogP contribution is 2.25. The molecule has 0 spiro atoms. The number of hydrogen-bond donors (Lipinski definition) is 1. The van der Waals surface area contributed by atoms with Crippen molar-refractivity contribution < 1.29 is 8.42 Å². The topological polar surface area (TPSA) is 62.3 Å². The van der Waals surface area contributed by atoms with E-state index in [1.165, 1.54) is 4.31 Å². The quantitative estimate of drug-likeness (QED) is 0.868. The summed E-state index contributed by atoms with van der Waals surface area (Å²) in [7, 11) is -3.52. The summed E-state index contributed by atoms with van der Waals surface area (Å²) in [5.41, 5.74) is 1.13. The van der Waals surface area contributed by atoms with E-state index in [-0.39, 0.29) is 5.15 Å². The molecule has 1 N–H and O–H groups in total. The SMILES string of the molecule is Cc1ccnc(Cl)c1NS(=O)(=O)N1CCCCC1. The maximum atomic E-state index is 12.2. The first-order valence-electron chi connectivity index (χ1n) is 5.90. The molecule has 1 fully saturated rings. The normalized spacial score (nSPS) is 17.7. The van der Waals surface area contributed by atoms with E-state index < -0.39 is 10.2 Å². The van der Waals surface area contributed by atoms with Gasteiger partial charge in [-0.25, -0.2) is 4.98 Å². The van der Waals surface area contributed by atoms with Crippen LogP contribution in [0.25, 0.3) is 0 Å². The second-order valence-electron chi connectivity index (χ2n) is 4.36. The van der Waals surface area contributed by atoms with E-state index in [1.54, 1.807) is 19.2 Å². The fourth-order valence-corrected chi connectivity index (χ4v) is 3.64. The van der Waals surface area contributed by atoms with Crippen molar-refractivity contribution in [1.29, 1.82) is 0 Å². The number of nitrogens with zero attached hydrogens (tertiary/aromatic N) is 2. The predicted octanol–water partition coefficient (Wildman–Crippen LogP) is 2.19. The third-order valence-corrected chi connectivity index (χ3v) is 4.79. The Morgan fingerprint density at radius 1 is 1.33 bits per heavy atom. The van der Waals surface area contributed by atoms with Gasteiger partial charge in [-0.05, 0) is 31.4 Å². The summed E-state index contributed by atoms with van der Waals surface area (Å²) in [5, 5.41) is 0.176. The summed E-state index contributed by atoms with van der Waals surface area (Å²) in [6.07, 6.45) is 4.44. The second kappa shape index (κ2) is 5.42. The largest absolute Gasteiger partial charge is 0.301 e. The van der Waals surface area contributed by atoms with Crippen LogP contribution in [0.2, 0.25) is 5.15 Å². The average molecular weight is 290 g/mol. The Morgan fingerprint density at radius 2 is 2.00 bits per heavy atom. The van der Waals surface area contributed by atoms with E-state index in [0.29, 0.717) is 18.8 Å². The second-order valence-corrected chi connectivity index (χ2v) is 6.39. The molecule has 0 radical (unpaired) electrons. The van der Waals surface area contributed by atoms with Crippen molar-refractivity contribution in [3.8, 4) is 0 Å². The minimum absolute atomic E-state index is 0.176. The molecule has 1 aromatic heterocycles. The maximum Gasteiger partial charge on any atom is 0.301 e. The Hall–Kier alpha value is -0.850. The number of halogens is 1. The summed E-state index contributed by atoms with van der Waals surface area (Å²) >= 11 is 5.92. The molecule has 1 aliphatic heterocycles. The van der Waals surface area contributed by atoms with Gasteiger partial charge in [0, 0.05) is 19.3 Å². The van der Waals surface area contributed by atoms with Crippen LogP contribution in [0, 0.1) is 6.92 Å². The van der Waals surface area contributed by atoms with Gasteiger partial charge in [0.1, 0.15) is 0 Å². The summed E-state index contributed by atoms with van der Waals surface area (Å²) in [5.74, 6) is 0. The number of aryl methyl sites for hydroxylation is 1. The van der Waals surface area contributed by atoms with Crippen molar-refractivity contribution in [3.05, 3.63) is 23.0 Å². The van der Waals surface area contributed by atoms with Crippen molar-refractivity contribution in [2.24, 2.45) is 0 Å². The summed E-state index contributed by atoms with van der Waals surface area (Å²) in [6, 6.07) is 1.72. The lowest BCUT2D eigenvalue weighted by Crippen LogP contribution is -2.39. The highest BCUT2D eigenvalue weighted by atomic mass is 35.5. The standard InChI is InChI=1S/C11H16ClN3O2S/c1-9-5-6-13-11(12)10(9)14-18(16,17)15-7-3-2-4-8-15/h5-6,14H,2-4,7-8H2,1H3. The monoisotopic (exact) mass is 289 g/mol. The Kier molecular flexibility index (Phi) is 4.09. The smallest absolute Gasteiger partial charge is 0.268 e. The van der Waals surface area contributed by atoms with Gasteiger partial charge in [-0.2, -0.15) is 12.7 Å². The van der Waals surface area contributed by atoms with Gasteiger partial charge in [0.05, 0.1) is 5.69 Å². The molecular formula is C11H16ClN3O2S. The lowest BCUT2D eigenvalue weighted by atomic mass is 10.2. The number of anilines is 1. The lowest BCUT2D eigenvalue weighted by molar-refractivity contribution is 0.349. The van der Waals surface area contributed by atoms with Gasteiger partial charge in [-0.1, -0.05) is 18.0 Å². The van der Waals surface area contributed by atoms with Gasteiger partial charge in [-0.3, -0.25) is 4.72 Å². The van der Waals surface area contributed by atoms with E-state index in [4.69, 9.17) is 11.6 Å². The van der Waals surface area contributed by atoms with Gasteiger partial charge in [0.25, 0.3) is 0 Å². The van der Waals surface area contributed by atoms with Crippen LogP contribution in [0.4, 0.5) is 5.69 Å². The highest BCUT2D eigenvalue weighted by molar-refractivity contribution is 7.90. The van der Waals surface area contributed by atoms with Crippen LogP contribution >= 0.6 is 11.6 Å². The number of nitrogens with one attached hydrogen (secondary N) is 1. The molecular weight excluding hydrogens is 274 g/mol. The molecule has 5 nitrogen and oxygen atoms in total. The van der Waals surface area contributed by atoms with Crippen LogP contribution < -0.4 is 4.72 Å². The fraction of sp³-hybridized carbons (Fsp3) is 0.545. The Bertz CT molecular complexity index is 507. The molecule has 0 aliphatic carbocycles. The molecule has 0 bridgehead atoms. The van der Waals surface area contributed by atoms with Crippen molar-refractivity contribution in [2.75, 3.05) is 17.8 Å². The van der Waals surface area contributed by atoms with Crippen LogP contribution in [0.3, 0.4) is 0 Å². The molecule has 1 aromatic rings. The zero-order valence-electron chi connectivity index (χ0n) is 10.2. The van der Waals surface area contributed by atoms with Gasteiger partial charge in [0.15, 0.2) is 5.15 Å². The van der Waals surface area contributed by atoms with Gasteiger partial charge >= 0.3 is 10.2 Å². The maximum absolute atomic E-state index is 12.2. The van der Waals surface area contributed by atoms with Crippen molar-refractivity contribution >= 4 is 27.5 Å². The highest BCUT2D eigenvalue weighted by Gasteiger charge is 2.25. The van der Waals surface area contributed by atoms with E-state index in [9.17, 15) is 8.42 Å². The Labute approximate surface area is 112 Å². The Balaban J connectivity index is 2.22. The van der Waals surface area contributed by atoms with Gasteiger partial charge < -0.3 is 0 Å². The van der Waals surface area contributed by atoms with Gasteiger partial charge in [0.2, 0.25) is 0 Å². The van der Waals surface area contributed by atoms with Crippen LogP contribution in [-0.4, -0.2) is 30.8 Å². The molecule has 100 valence electrons. The van der Waals surface area contributed by atoms with Crippen molar-refractivity contribution in [3.63, 3.8) is 0 Å². The molecule has 2 rings (SSSR count). The third-order valence-electron chi connectivity index (χ3n) is 3.00. The average Bonchev–Trinajstić information content (AvgIpc) is 2.35. The van der Waals surface area contributed by atoms with Crippen LogP contribution in [0.15, 0.2) is 12.3 Å². The number of rotatable bonds is 3. The number of aromatic nitrogens is 1. The molecule has 0 saturated carbocycles. The number of pyridine rings is 1. The summed E-state index contributed by atoms with van der Waals surface area (Å²) in [6.45, 7) is 2.92.